The molecule has 12 heteroatoms. The maximum atomic E-state index is 13.0. The van der Waals surface area contributed by atoms with Crippen LogP contribution in [0, 0.1) is 0 Å². The lowest BCUT2D eigenvalue weighted by Crippen LogP contribution is -2.33. The molecule has 0 atom stereocenters. The van der Waals surface area contributed by atoms with Gasteiger partial charge in [0.25, 0.3) is 17.4 Å². The van der Waals surface area contributed by atoms with E-state index in [0.717, 1.165) is 31.2 Å². The van der Waals surface area contributed by atoms with Gasteiger partial charge in [-0.15, -0.1) is 0 Å². The number of rotatable bonds is 7. The quantitative estimate of drug-likeness (QED) is 0.216. The minimum atomic E-state index is -0.692. The molecule has 2 heterocycles. The molecule has 10 nitrogen and oxygen atoms in total. The predicted molar refractivity (Wildman–Crippen MR) is 156 cm³/mol. The van der Waals surface area contributed by atoms with Crippen LogP contribution in [-0.4, -0.2) is 38.8 Å². The van der Waals surface area contributed by atoms with Crippen LogP contribution in [0.5, 0.6) is 0 Å². The van der Waals surface area contributed by atoms with E-state index in [9.17, 15) is 14.4 Å². The maximum absolute atomic E-state index is 13.0. The van der Waals surface area contributed by atoms with E-state index >= 15 is 0 Å². The molecule has 2 amide bonds. The first kappa shape index (κ1) is 27.6. The summed E-state index contributed by atoms with van der Waals surface area (Å²) in [6, 6.07) is 13.5. The molecule has 40 heavy (non-hydrogen) atoms. The van der Waals surface area contributed by atoms with Crippen LogP contribution >= 0.6 is 23.2 Å². The third kappa shape index (κ3) is 6.59. The van der Waals surface area contributed by atoms with Gasteiger partial charge >= 0.3 is 0 Å². The fourth-order valence-corrected chi connectivity index (χ4v) is 4.94. The summed E-state index contributed by atoms with van der Waals surface area (Å²) in [5, 5.41) is 9.99. The number of benzene rings is 2. The van der Waals surface area contributed by atoms with Gasteiger partial charge in [-0.05, 0) is 67.6 Å². The zero-order chi connectivity index (χ0) is 28.2. The average molecular weight is 580 g/mol. The lowest BCUT2D eigenvalue weighted by molar-refractivity contribution is 0.0949. The van der Waals surface area contributed by atoms with Crippen molar-refractivity contribution < 1.29 is 9.59 Å². The third-order valence-corrected chi connectivity index (χ3v) is 7.33. The molecule has 2 aromatic heterocycles. The number of hydrogen-bond acceptors (Lipinski definition) is 7. The molecule has 1 fully saturated rings. The van der Waals surface area contributed by atoms with Gasteiger partial charge in [0.15, 0.2) is 0 Å². The van der Waals surface area contributed by atoms with E-state index in [0.29, 0.717) is 22.0 Å². The summed E-state index contributed by atoms with van der Waals surface area (Å²) >= 11 is 12.3. The highest BCUT2D eigenvalue weighted by Crippen LogP contribution is 2.24. The summed E-state index contributed by atoms with van der Waals surface area (Å²) in [6.45, 7) is 0.268. The molecule has 0 bridgehead atoms. The van der Waals surface area contributed by atoms with Crippen LogP contribution in [0.2, 0.25) is 10.0 Å². The molecule has 4 aromatic rings. The molecule has 1 aliphatic rings. The second kappa shape index (κ2) is 12.0. The largest absolute Gasteiger partial charge is 0.351 e. The second-order valence-corrected chi connectivity index (χ2v) is 10.6. The minimum absolute atomic E-state index is 0.148. The molecule has 2 aromatic carbocycles. The van der Waals surface area contributed by atoms with E-state index in [-0.39, 0.29) is 46.4 Å². The number of carbonyl (C=O) groups is 2. The van der Waals surface area contributed by atoms with E-state index in [2.05, 4.69) is 30.9 Å². The predicted octanol–water partition coefficient (Wildman–Crippen LogP) is 4.49. The first-order chi connectivity index (χ1) is 19.2. The highest BCUT2D eigenvalue weighted by molar-refractivity contribution is 6.34. The van der Waals surface area contributed by atoms with Crippen LogP contribution < -0.4 is 27.2 Å². The Morgan fingerprint density at radius 3 is 2.60 bits per heavy atom. The molecular weight excluding hydrogens is 553 g/mol. The summed E-state index contributed by atoms with van der Waals surface area (Å²) in [5.41, 5.74) is 6.82. The van der Waals surface area contributed by atoms with Gasteiger partial charge < -0.3 is 26.7 Å². The van der Waals surface area contributed by atoms with Gasteiger partial charge in [-0.2, -0.15) is 4.98 Å². The standard InChI is InChI=1S/C28H27Cl2N7O3/c29-18-3-1-2-15(10-18)13-32-25(38)16-4-9-22(30)23(12-16)35-26(39)21-11-17-14-33-28(37-24(17)36-27(21)40)34-20-7-5-19(31)6-8-20/h1-4,9-12,14,19-20H,5-8,13,31H2,(H,32,38)(H,35,39)(H2,33,34,36,37,40). The molecule has 206 valence electrons. The maximum Gasteiger partial charge on any atom is 0.262 e. The zero-order valence-electron chi connectivity index (χ0n) is 21.3. The highest BCUT2D eigenvalue weighted by Gasteiger charge is 2.20. The summed E-state index contributed by atoms with van der Waals surface area (Å²) in [4.78, 5) is 50.0. The zero-order valence-corrected chi connectivity index (χ0v) is 22.9. The molecule has 6 N–H and O–H groups in total. The lowest BCUT2D eigenvalue weighted by Gasteiger charge is -2.26. The van der Waals surface area contributed by atoms with Crippen molar-refractivity contribution in [3.05, 3.63) is 91.8 Å². The third-order valence-electron chi connectivity index (χ3n) is 6.76. The Kier molecular flexibility index (Phi) is 8.29. The van der Waals surface area contributed by atoms with E-state index < -0.39 is 11.5 Å². The van der Waals surface area contributed by atoms with E-state index in [1.807, 2.05) is 6.07 Å². The first-order valence-corrected chi connectivity index (χ1v) is 13.6. The van der Waals surface area contributed by atoms with Gasteiger partial charge in [0, 0.05) is 40.8 Å². The summed E-state index contributed by atoms with van der Waals surface area (Å²) in [5.74, 6) is -0.659. The van der Waals surface area contributed by atoms with Gasteiger partial charge in [-0.3, -0.25) is 14.4 Å². The Morgan fingerprint density at radius 2 is 1.82 bits per heavy atom. The number of H-pyrrole nitrogens is 1. The van der Waals surface area contributed by atoms with Crippen molar-refractivity contribution >= 4 is 57.7 Å². The smallest absolute Gasteiger partial charge is 0.262 e. The van der Waals surface area contributed by atoms with Crippen LogP contribution in [0.25, 0.3) is 11.0 Å². The molecule has 0 radical (unpaired) electrons. The van der Waals surface area contributed by atoms with Crippen molar-refractivity contribution in [1.82, 2.24) is 20.3 Å². The van der Waals surface area contributed by atoms with Gasteiger partial charge in [0.05, 0.1) is 10.7 Å². The molecule has 1 saturated carbocycles. The highest BCUT2D eigenvalue weighted by atomic mass is 35.5. The first-order valence-electron chi connectivity index (χ1n) is 12.8. The molecule has 0 spiro atoms. The lowest BCUT2D eigenvalue weighted by atomic mass is 9.92. The number of fused-ring (bicyclic) bond motifs is 1. The monoisotopic (exact) mass is 579 g/mol. The molecule has 0 saturated heterocycles. The van der Waals surface area contributed by atoms with Crippen LogP contribution in [-0.2, 0) is 6.54 Å². The van der Waals surface area contributed by atoms with E-state index in [1.54, 1.807) is 30.5 Å². The minimum Gasteiger partial charge on any atom is -0.351 e. The summed E-state index contributed by atoms with van der Waals surface area (Å²) in [7, 11) is 0. The molecule has 0 aliphatic heterocycles. The Balaban J connectivity index is 1.28. The van der Waals surface area contributed by atoms with E-state index in [1.165, 1.54) is 18.2 Å². The van der Waals surface area contributed by atoms with Crippen molar-refractivity contribution in [2.24, 2.45) is 5.73 Å². The van der Waals surface area contributed by atoms with Crippen molar-refractivity contribution in [3.63, 3.8) is 0 Å². The fraction of sp³-hybridized carbons (Fsp3) is 0.250. The molecule has 1 aliphatic carbocycles. The van der Waals surface area contributed by atoms with Crippen molar-refractivity contribution in [2.75, 3.05) is 10.6 Å². The summed E-state index contributed by atoms with van der Waals surface area (Å²) < 4.78 is 0. The van der Waals surface area contributed by atoms with Crippen molar-refractivity contribution in [1.29, 1.82) is 0 Å². The number of amides is 2. The topological polar surface area (TPSA) is 155 Å². The van der Waals surface area contributed by atoms with Gasteiger partial charge in [0.1, 0.15) is 11.2 Å². The van der Waals surface area contributed by atoms with E-state index in [4.69, 9.17) is 28.9 Å². The molecular formula is C28H27Cl2N7O3. The number of halogens is 2. The average Bonchev–Trinajstić information content (AvgIpc) is 2.93. The van der Waals surface area contributed by atoms with Crippen LogP contribution in [0.4, 0.5) is 11.6 Å². The van der Waals surface area contributed by atoms with Gasteiger partial charge in [-0.25, -0.2) is 4.98 Å². The van der Waals surface area contributed by atoms with Crippen LogP contribution in [0.1, 0.15) is 52.0 Å². The second-order valence-electron chi connectivity index (χ2n) is 9.73. The Labute approximate surface area is 239 Å². The number of nitrogens with two attached hydrogens (primary N) is 1. The van der Waals surface area contributed by atoms with Crippen LogP contribution in [0.15, 0.2) is 59.5 Å². The van der Waals surface area contributed by atoms with Crippen molar-refractivity contribution in [2.45, 2.75) is 44.3 Å². The number of aromatic amines is 1. The number of carbonyl (C=O) groups excluding carboxylic acids is 2. The molecule has 0 unspecified atom stereocenters. The fourth-order valence-electron chi connectivity index (χ4n) is 4.56. The number of nitrogens with one attached hydrogen (secondary N) is 4. The number of nitrogens with zero attached hydrogens (tertiary/aromatic N) is 2. The Bertz CT molecular complexity index is 1630. The summed E-state index contributed by atoms with van der Waals surface area (Å²) in [6.07, 6.45) is 5.25. The van der Waals surface area contributed by atoms with Gasteiger partial charge in [0.2, 0.25) is 5.95 Å². The van der Waals surface area contributed by atoms with Crippen molar-refractivity contribution in [3.8, 4) is 0 Å². The number of anilines is 2. The Hall–Kier alpha value is -3.99. The molecule has 5 rings (SSSR count). The number of hydrogen-bond donors (Lipinski definition) is 5. The number of aromatic nitrogens is 3. The Morgan fingerprint density at radius 1 is 1.02 bits per heavy atom. The van der Waals surface area contributed by atoms with Gasteiger partial charge in [-0.1, -0.05) is 35.3 Å². The number of pyridine rings is 1. The SMILES string of the molecule is NC1CCC(Nc2ncc3cc(C(=O)Nc4cc(C(=O)NCc5cccc(Cl)c5)ccc4Cl)c(=O)[nH]c3n2)CC1. The van der Waals surface area contributed by atoms with Crippen LogP contribution in [0.3, 0.4) is 0 Å². The normalized spacial score (nSPS) is 16.9.